The van der Waals surface area contributed by atoms with Crippen molar-refractivity contribution < 1.29 is 43.5 Å². The molecule has 0 radical (unpaired) electrons. The van der Waals surface area contributed by atoms with E-state index in [-0.39, 0.29) is 42.6 Å². The molecule has 0 saturated carbocycles. The summed E-state index contributed by atoms with van der Waals surface area (Å²) in [5, 5.41) is 31.9. The Balaban J connectivity index is 1.16. The molecule has 2 aromatic heterocycles. The number of aliphatic hydroxyl groups is 2. The Kier molecular flexibility index (Phi) is 14.0. The number of ether oxygens (including phenoxy) is 5. The van der Waals surface area contributed by atoms with Gasteiger partial charge in [0.05, 0.1) is 33.8 Å². The number of aromatic nitrogens is 4. The highest BCUT2D eigenvalue weighted by atomic mass is 28.3. The van der Waals surface area contributed by atoms with E-state index in [1.54, 1.807) is 44.6 Å². The third-order valence-electron chi connectivity index (χ3n) is 10.7. The molecule has 4 atom stereocenters. The summed E-state index contributed by atoms with van der Waals surface area (Å²) in [7, 11) is 1.83. The van der Waals surface area contributed by atoms with Crippen molar-refractivity contribution >= 4 is 43.0 Å². The maximum absolute atomic E-state index is 13.4. The van der Waals surface area contributed by atoms with E-state index in [1.165, 1.54) is 10.9 Å². The summed E-state index contributed by atoms with van der Waals surface area (Å²) in [5.41, 5.74) is 1.95. The van der Waals surface area contributed by atoms with Gasteiger partial charge in [-0.1, -0.05) is 92.4 Å². The summed E-state index contributed by atoms with van der Waals surface area (Å²) in [6, 6.07) is 34.3. The number of amides is 2. The molecule has 4 aromatic carbocycles. The number of alkyl carbamates (subject to hydrolysis) is 1. The smallest absolute Gasteiger partial charge is 0.407 e. The molecule has 1 aliphatic rings. The summed E-state index contributed by atoms with van der Waals surface area (Å²) in [4.78, 5) is 39.5. The number of nitrogens with zero attached hydrogens (tertiary/aromatic N) is 4. The minimum Gasteiger partial charge on any atom is -0.497 e. The molecule has 17 heteroatoms. The lowest BCUT2D eigenvalue weighted by Crippen LogP contribution is -2.39. The molecule has 3 heterocycles. The average Bonchev–Trinajstić information content (AvgIpc) is 3.85. The maximum Gasteiger partial charge on any atom is 0.407 e. The van der Waals surface area contributed by atoms with Crippen LogP contribution in [0.2, 0.25) is 25.7 Å². The third-order valence-corrected chi connectivity index (χ3v) is 12.4. The standard InChI is InChI=1S/C46H53N7O9Si/c1-58-34-20-16-32(17-21-34)46(31-14-10-7-11-15-31,33-18-22-35(59-2)23-19-33)61-28-36-38(54)39(55)43(62-36)53-29-49-37-40(50-42(56)30-12-8-6-9-13-30)51-44(52-41(37)53)47-24-25-48-45(57)60-26-27-63(3,4)5/h6-23,29,36,38-39,43,54-55H,24-28H2,1-5H3,(H,48,57)(H2,47,50,51,52,56)/t36-,38-,39-,43-/m1/s1. The zero-order valence-corrected chi connectivity index (χ0v) is 36.9. The second-order valence-electron chi connectivity index (χ2n) is 16.2. The lowest BCUT2D eigenvalue weighted by molar-refractivity contribution is -0.0942. The van der Waals surface area contributed by atoms with Gasteiger partial charge < -0.3 is 49.8 Å². The van der Waals surface area contributed by atoms with Gasteiger partial charge >= 0.3 is 6.09 Å². The highest BCUT2D eigenvalue weighted by Crippen LogP contribution is 2.43. The number of hydrogen-bond donors (Lipinski definition) is 5. The lowest BCUT2D eigenvalue weighted by Gasteiger charge is -2.37. The van der Waals surface area contributed by atoms with Crippen LogP contribution in [0, 0.1) is 0 Å². The van der Waals surface area contributed by atoms with Crippen molar-refractivity contribution in [1.82, 2.24) is 24.8 Å². The summed E-state index contributed by atoms with van der Waals surface area (Å²) < 4.78 is 31.2. The van der Waals surface area contributed by atoms with Crippen molar-refractivity contribution in [3.63, 3.8) is 0 Å². The number of hydrogen-bond acceptors (Lipinski definition) is 13. The molecule has 2 amide bonds. The van der Waals surface area contributed by atoms with Crippen LogP contribution in [0.1, 0.15) is 33.3 Å². The molecule has 16 nitrogen and oxygen atoms in total. The number of fused-ring (bicyclic) bond motifs is 1. The molecule has 7 rings (SSSR count). The third kappa shape index (κ3) is 10.3. The van der Waals surface area contributed by atoms with E-state index in [4.69, 9.17) is 28.7 Å². The number of anilines is 2. The number of imidazole rings is 1. The van der Waals surface area contributed by atoms with E-state index >= 15 is 0 Å². The van der Waals surface area contributed by atoms with Crippen LogP contribution in [0.25, 0.3) is 11.2 Å². The zero-order valence-electron chi connectivity index (χ0n) is 35.9. The molecular weight excluding hydrogens is 823 g/mol. The van der Waals surface area contributed by atoms with Gasteiger partial charge in [0.15, 0.2) is 23.2 Å². The van der Waals surface area contributed by atoms with Crippen LogP contribution in [0.3, 0.4) is 0 Å². The minimum absolute atomic E-state index is 0.0911. The number of rotatable bonds is 18. The molecule has 63 heavy (non-hydrogen) atoms. The van der Waals surface area contributed by atoms with Crippen LogP contribution in [-0.4, -0.2) is 109 Å². The fourth-order valence-electron chi connectivity index (χ4n) is 7.26. The van der Waals surface area contributed by atoms with E-state index in [1.807, 2.05) is 78.9 Å². The van der Waals surface area contributed by atoms with Crippen LogP contribution in [0.4, 0.5) is 16.6 Å². The van der Waals surface area contributed by atoms with E-state index in [2.05, 4.69) is 45.6 Å². The van der Waals surface area contributed by atoms with Gasteiger partial charge in [-0.15, -0.1) is 0 Å². The molecule has 0 aliphatic carbocycles. The van der Waals surface area contributed by atoms with Crippen LogP contribution < -0.4 is 25.4 Å². The van der Waals surface area contributed by atoms with Crippen molar-refractivity contribution in [3.8, 4) is 11.5 Å². The average molecular weight is 876 g/mol. The fraction of sp³-hybridized carbons (Fsp3) is 0.326. The molecule has 330 valence electrons. The predicted octanol–water partition coefficient (Wildman–Crippen LogP) is 6.20. The Hall–Kier alpha value is -6.37. The number of methoxy groups -OCH3 is 2. The van der Waals surface area contributed by atoms with E-state index in [9.17, 15) is 19.8 Å². The first-order valence-electron chi connectivity index (χ1n) is 20.7. The topological polar surface area (TPSA) is 200 Å². The summed E-state index contributed by atoms with van der Waals surface area (Å²) in [6.07, 6.45) is -4.18. The first-order valence-corrected chi connectivity index (χ1v) is 24.4. The molecule has 0 spiro atoms. The molecular formula is C46H53N7O9Si. The van der Waals surface area contributed by atoms with Gasteiger partial charge in [0, 0.05) is 26.7 Å². The number of carbonyl (C=O) groups is 2. The van der Waals surface area contributed by atoms with Crippen molar-refractivity contribution in [1.29, 1.82) is 0 Å². The van der Waals surface area contributed by atoms with Gasteiger partial charge in [-0.3, -0.25) is 9.36 Å². The molecule has 0 bridgehead atoms. The van der Waals surface area contributed by atoms with Crippen LogP contribution >= 0.6 is 0 Å². The Bertz CT molecular complexity index is 2400. The number of aliphatic hydroxyl groups excluding tert-OH is 2. The lowest BCUT2D eigenvalue weighted by atomic mass is 9.80. The number of carbonyl (C=O) groups excluding carboxylic acids is 2. The SMILES string of the molecule is COc1ccc(C(OC[C@H]2O[C@@H](n3cnc4c(NC(=O)c5ccccc5)nc(NCCNC(=O)OCC[Si](C)(C)C)nc43)[C@H](O)[C@@H]2O)(c2ccccc2)c2ccc(OC)cc2)cc1. The van der Waals surface area contributed by atoms with E-state index in [0.29, 0.717) is 23.7 Å². The van der Waals surface area contributed by atoms with Gasteiger partial charge in [0.1, 0.15) is 35.4 Å². The first-order chi connectivity index (χ1) is 30.4. The van der Waals surface area contributed by atoms with Gasteiger partial charge in [0.2, 0.25) is 5.95 Å². The Morgan fingerprint density at radius 2 is 1.40 bits per heavy atom. The fourth-order valence-corrected chi connectivity index (χ4v) is 7.97. The summed E-state index contributed by atoms with van der Waals surface area (Å²) in [5.74, 6) is 1.09. The van der Waals surface area contributed by atoms with E-state index in [0.717, 1.165) is 22.7 Å². The molecule has 1 saturated heterocycles. The van der Waals surface area contributed by atoms with Crippen LogP contribution in [-0.2, 0) is 19.8 Å². The number of benzene rings is 4. The molecule has 1 aliphatic heterocycles. The largest absolute Gasteiger partial charge is 0.497 e. The number of nitrogens with one attached hydrogen (secondary N) is 3. The Morgan fingerprint density at radius 1 is 0.794 bits per heavy atom. The van der Waals surface area contributed by atoms with Gasteiger partial charge in [-0.25, -0.2) is 9.78 Å². The van der Waals surface area contributed by atoms with E-state index < -0.39 is 50.2 Å². The monoisotopic (exact) mass is 875 g/mol. The molecule has 1 fully saturated rings. The molecule has 6 aromatic rings. The zero-order chi connectivity index (χ0) is 44.6. The Labute approximate surface area is 366 Å². The van der Waals surface area contributed by atoms with Crippen molar-refractivity contribution in [3.05, 3.63) is 138 Å². The maximum atomic E-state index is 13.4. The first kappa shape index (κ1) is 44.7. The molecule has 0 unspecified atom stereocenters. The Morgan fingerprint density at radius 3 is 2.00 bits per heavy atom. The minimum atomic E-state index is -1.45. The highest BCUT2D eigenvalue weighted by Gasteiger charge is 2.47. The highest BCUT2D eigenvalue weighted by molar-refractivity contribution is 6.76. The normalized spacial score (nSPS) is 17.6. The summed E-state index contributed by atoms with van der Waals surface area (Å²) in [6.45, 7) is 7.20. The van der Waals surface area contributed by atoms with Crippen molar-refractivity contribution in [2.24, 2.45) is 0 Å². The molecule has 5 N–H and O–H groups in total. The van der Waals surface area contributed by atoms with Gasteiger partial charge in [-0.05, 0) is 59.1 Å². The summed E-state index contributed by atoms with van der Waals surface area (Å²) >= 11 is 0. The second kappa shape index (κ2) is 19.8. The van der Waals surface area contributed by atoms with Gasteiger partial charge in [0.25, 0.3) is 5.91 Å². The quantitative estimate of drug-likeness (QED) is 0.0372. The van der Waals surface area contributed by atoms with Crippen molar-refractivity contribution in [2.45, 2.75) is 55.8 Å². The van der Waals surface area contributed by atoms with Gasteiger partial charge in [-0.2, -0.15) is 9.97 Å². The van der Waals surface area contributed by atoms with Crippen LogP contribution in [0.15, 0.2) is 116 Å². The predicted molar refractivity (Wildman–Crippen MR) is 240 cm³/mol. The van der Waals surface area contributed by atoms with Crippen molar-refractivity contribution in [2.75, 3.05) is 51.2 Å². The second-order valence-corrected chi connectivity index (χ2v) is 21.8. The van der Waals surface area contributed by atoms with Crippen LogP contribution in [0.5, 0.6) is 11.5 Å².